The van der Waals surface area contributed by atoms with Crippen molar-refractivity contribution in [2.45, 2.75) is 45.1 Å². The first-order chi connectivity index (χ1) is 11.2. The normalized spacial score (nSPS) is 21.8. The van der Waals surface area contributed by atoms with Crippen LogP contribution < -0.4 is 4.74 Å². The first-order valence-electron chi connectivity index (χ1n) is 8.91. The van der Waals surface area contributed by atoms with Crippen LogP contribution in [0.5, 0.6) is 5.75 Å². The summed E-state index contributed by atoms with van der Waals surface area (Å²) in [5.41, 5.74) is 2.90. The molecule has 1 aromatic carbocycles. The van der Waals surface area contributed by atoms with E-state index in [9.17, 15) is 4.79 Å². The number of fused-ring (bicyclic) bond motifs is 1. The molecule has 0 saturated carbocycles. The summed E-state index contributed by atoms with van der Waals surface area (Å²) in [5, 5.41) is 0. The molecule has 0 radical (unpaired) electrons. The van der Waals surface area contributed by atoms with Gasteiger partial charge in [-0.1, -0.05) is 13.0 Å². The molecule has 2 aliphatic rings. The van der Waals surface area contributed by atoms with Gasteiger partial charge in [-0.05, 0) is 48.9 Å². The second kappa shape index (κ2) is 7.35. The third-order valence-electron chi connectivity index (χ3n) is 5.21. The zero-order valence-corrected chi connectivity index (χ0v) is 14.4. The first-order valence-corrected chi connectivity index (χ1v) is 8.91. The van der Waals surface area contributed by atoms with E-state index >= 15 is 0 Å². The summed E-state index contributed by atoms with van der Waals surface area (Å²) in [6, 6.07) is 7.00. The predicted octanol–water partition coefficient (Wildman–Crippen LogP) is 3.02. The maximum atomic E-state index is 12.1. The summed E-state index contributed by atoms with van der Waals surface area (Å²) in [6.07, 6.45) is 5.26. The molecule has 3 rings (SSSR count). The van der Waals surface area contributed by atoms with Crippen LogP contribution >= 0.6 is 0 Å². The van der Waals surface area contributed by atoms with Crippen molar-refractivity contribution in [2.24, 2.45) is 0 Å². The number of ether oxygens (including phenoxy) is 1. The third kappa shape index (κ3) is 3.52. The molecule has 1 aliphatic carbocycles. The van der Waals surface area contributed by atoms with Crippen LogP contribution in [-0.4, -0.2) is 49.0 Å². The zero-order valence-electron chi connectivity index (χ0n) is 14.4. The number of carbonyl (C=O) groups excluding carboxylic acids is 1. The highest BCUT2D eigenvalue weighted by Gasteiger charge is 2.29. The monoisotopic (exact) mass is 316 g/mol. The molecule has 0 spiro atoms. The Morgan fingerprint density at radius 1 is 1.26 bits per heavy atom. The van der Waals surface area contributed by atoms with Gasteiger partial charge in [-0.3, -0.25) is 9.69 Å². The van der Waals surface area contributed by atoms with E-state index in [0.717, 1.165) is 38.3 Å². The molecule has 1 aliphatic heterocycles. The van der Waals surface area contributed by atoms with E-state index in [-0.39, 0.29) is 0 Å². The largest absolute Gasteiger partial charge is 0.497 e. The van der Waals surface area contributed by atoms with Crippen molar-refractivity contribution < 1.29 is 9.53 Å². The highest BCUT2D eigenvalue weighted by Crippen LogP contribution is 2.36. The van der Waals surface area contributed by atoms with Gasteiger partial charge in [-0.25, -0.2) is 0 Å². The molecular weight excluding hydrogens is 288 g/mol. The Morgan fingerprint density at radius 2 is 2.04 bits per heavy atom. The van der Waals surface area contributed by atoms with E-state index in [0.29, 0.717) is 18.4 Å². The quantitative estimate of drug-likeness (QED) is 0.856. The van der Waals surface area contributed by atoms with Crippen LogP contribution in [0.2, 0.25) is 0 Å². The molecule has 1 heterocycles. The van der Waals surface area contributed by atoms with Crippen LogP contribution in [0.4, 0.5) is 0 Å². The maximum absolute atomic E-state index is 12.1. The van der Waals surface area contributed by atoms with Gasteiger partial charge in [0.1, 0.15) is 5.75 Å². The van der Waals surface area contributed by atoms with Crippen molar-refractivity contribution in [1.82, 2.24) is 9.80 Å². The second-order valence-corrected chi connectivity index (χ2v) is 6.64. The molecule has 4 heteroatoms. The average molecular weight is 316 g/mol. The third-order valence-corrected chi connectivity index (χ3v) is 5.21. The van der Waals surface area contributed by atoms with Gasteiger partial charge >= 0.3 is 0 Å². The van der Waals surface area contributed by atoms with Gasteiger partial charge in [0.05, 0.1) is 7.11 Å². The minimum Gasteiger partial charge on any atom is -0.497 e. The minimum absolute atomic E-state index is 0.317. The first kappa shape index (κ1) is 16.3. The minimum atomic E-state index is 0.317. The topological polar surface area (TPSA) is 32.8 Å². The number of carbonyl (C=O) groups is 1. The van der Waals surface area contributed by atoms with Crippen molar-refractivity contribution in [3.05, 3.63) is 29.3 Å². The number of methoxy groups -OCH3 is 1. The lowest BCUT2D eigenvalue weighted by molar-refractivity contribution is -0.133. The molecule has 0 bridgehead atoms. The van der Waals surface area contributed by atoms with E-state index in [4.69, 9.17) is 4.74 Å². The Labute approximate surface area is 139 Å². The van der Waals surface area contributed by atoms with E-state index in [1.165, 1.54) is 30.4 Å². The van der Waals surface area contributed by atoms with E-state index in [2.05, 4.69) is 30.0 Å². The van der Waals surface area contributed by atoms with Crippen LogP contribution in [0, 0.1) is 0 Å². The van der Waals surface area contributed by atoms with E-state index in [1.54, 1.807) is 7.11 Å². The number of hydrogen-bond donors (Lipinski definition) is 0. The van der Waals surface area contributed by atoms with Crippen LogP contribution in [0.3, 0.4) is 0 Å². The van der Waals surface area contributed by atoms with Gasteiger partial charge in [-0.15, -0.1) is 0 Å². The summed E-state index contributed by atoms with van der Waals surface area (Å²) in [5.74, 6) is 1.27. The van der Waals surface area contributed by atoms with Crippen molar-refractivity contribution in [1.29, 1.82) is 0 Å². The molecule has 1 fully saturated rings. The Bertz CT molecular complexity index is 550. The Morgan fingerprint density at radius 3 is 2.74 bits per heavy atom. The highest BCUT2D eigenvalue weighted by molar-refractivity contribution is 5.76. The van der Waals surface area contributed by atoms with Gasteiger partial charge in [0.15, 0.2) is 0 Å². The lowest BCUT2D eigenvalue weighted by atomic mass is 9.86. The van der Waals surface area contributed by atoms with Crippen molar-refractivity contribution >= 4 is 5.91 Å². The molecule has 0 N–H and O–H groups in total. The number of piperazine rings is 1. The smallest absolute Gasteiger partial charge is 0.222 e. The van der Waals surface area contributed by atoms with Crippen molar-refractivity contribution in [3.63, 3.8) is 0 Å². The summed E-state index contributed by atoms with van der Waals surface area (Å²) in [4.78, 5) is 16.7. The number of benzene rings is 1. The van der Waals surface area contributed by atoms with Crippen molar-refractivity contribution in [3.8, 4) is 5.75 Å². The molecule has 23 heavy (non-hydrogen) atoms. The van der Waals surface area contributed by atoms with Gasteiger partial charge in [0.2, 0.25) is 5.91 Å². The summed E-state index contributed by atoms with van der Waals surface area (Å²) in [6.45, 7) is 5.78. The highest BCUT2D eigenvalue weighted by atomic mass is 16.5. The standard InChI is InChI=1S/C19H28N2O2/c1-3-5-19(22)21-12-10-20(11-13-21)18-7-4-6-15-8-9-16(23-2)14-17(15)18/h8-9,14,18H,3-7,10-13H2,1-2H3. The number of rotatable bonds is 4. The number of amides is 1. The molecule has 1 amide bonds. The SMILES string of the molecule is CCCC(=O)N1CCN(C2CCCc3ccc(OC)cc32)CC1. The van der Waals surface area contributed by atoms with Gasteiger partial charge in [0.25, 0.3) is 0 Å². The molecule has 1 atom stereocenters. The van der Waals surface area contributed by atoms with Gasteiger partial charge in [-0.2, -0.15) is 0 Å². The molecule has 0 aromatic heterocycles. The van der Waals surface area contributed by atoms with Crippen LogP contribution in [0.15, 0.2) is 18.2 Å². The van der Waals surface area contributed by atoms with Gasteiger partial charge in [0, 0.05) is 38.6 Å². The second-order valence-electron chi connectivity index (χ2n) is 6.64. The predicted molar refractivity (Wildman–Crippen MR) is 91.7 cm³/mol. The molecular formula is C19H28N2O2. The fourth-order valence-electron chi connectivity index (χ4n) is 3.91. The molecule has 1 saturated heterocycles. The van der Waals surface area contributed by atoms with Crippen LogP contribution in [0.1, 0.15) is 49.8 Å². The Kier molecular flexibility index (Phi) is 5.21. The van der Waals surface area contributed by atoms with Crippen LogP contribution in [-0.2, 0) is 11.2 Å². The number of nitrogens with zero attached hydrogens (tertiary/aromatic N) is 2. The summed E-state index contributed by atoms with van der Waals surface area (Å²) in [7, 11) is 1.73. The average Bonchev–Trinajstić information content (AvgIpc) is 2.61. The Hall–Kier alpha value is -1.55. The van der Waals surface area contributed by atoms with E-state index in [1.807, 2.05) is 4.90 Å². The number of aryl methyl sites for hydroxylation is 1. The van der Waals surface area contributed by atoms with E-state index < -0.39 is 0 Å². The van der Waals surface area contributed by atoms with Crippen molar-refractivity contribution in [2.75, 3.05) is 33.3 Å². The summed E-state index contributed by atoms with van der Waals surface area (Å²) < 4.78 is 5.42. The van der Waals surface area contributed by atoms with Gasteiger partial charge < -0.3 is 9.64 Å². The summed E-state index contributed by atoms with van der Waals surface area (Å²) >= 11 is 0. The lowest BCUT2D eigenvalue weighted by Gasteiger charge is -2.41. The Balaban J connectivity index is 1.69. The fraction of sp³-hybridized carbons (Fsp3) is 0.632. The molecule has 1 unspecified atom stereocenters. The lowest BCUT2D eigenvalue weighted by Crippen LogP contribution is -2.50. The molecule has 4 nitrogen and oxygen atoms in total. The molecule has 126 valence electrons. The molecule has 1 aromatic rings. The number of hydrogen-bond acceptors (Lipinski definition) is 3. The zero-order chi connectivity index (χ0) is 16.2. The van der Waals surface area contributed by atoms with Crippen LogP contribution in [0.25, 0.3) is 0 Å². The fourth-order valence-corrected chi connectivity index (χ4v) is 3.91. The maximum Gasteiger partial charge on any atom is 0.222 e.